The molecular formula is C18H18N2O4. The highest BCUT2D eigenvalue weighted by molar-refractivity contribution is 5.86. The molecule has 1 heterocycles. The Morgan fingerprint density at radius 1 is 1.29 bits per heavy atom. The van der Waals surface area contributed by atoms with E-state index in [9.17, 15) is 4.79 Å². The monoisotopic (exact) mass is 326 g/mol. The molecule has 1 aromatic heterocycles. The molecule has 124 valence electrons. The zero-order chi connectivity index (χ0) is 17.5. The Hall–Kier alpha value is -3.20. The van der Waals surface area contributed by atoms with E-state index >= 15 is 0 Å². The molecule has 0 aliphatic carbocycles. The van der Waals surface area contributed by atoms with Crippen molar-refractivity contribution >= 4 is 5.97 Å². The SMILES string of the molecule is CC#Cc1ccn(-c2ccc(C)c(O/C(=C\OC)C(=O)OC)c2)n1. The van der Waals surface area contributed by atoms with E-state index in [1.807, 2.05) is 25.1 Å². The molecule has 6 heteroatoms. The van der Waals surface area contributed by atoms with E-state index in [-0.39, 0.29) is 5.76 Å². The lowest BCUT2D eigenvalue weighted by molar-refractivity contribution is -0.138. The number of aromatic nitrogens is 2. The number of carbonyl (C=O) groups excluding carboxylic acids is 1. The Balaban J connectivity index is 2.35. The van der Waals surface area contributed by atoms with Gasteiger partial charge in [0.15, 0.2) is 0 Å². The fraction of sp³-hybridized carbons (Fsp3) is 0.222. The topological polar surface area (TPSA) is 62.6 Å². The molecule has 24 heavy (non-hydrogen) atoms. The van der Waals surface area contributed by atoms with Crippen LogP contribution >= 0.6 is 0 Å². The van der Waals surface area contributed by atoms with Gasteiger partial charge in [-0.1, -0.05) is 12.0 Å². The fourth-order valence-electron chi connectivity index (χ4n) is 1.94. The Bertz CT molecular complexity index is 825. The zero-order valence-corrected chi connectivity index (χ0v) is 14.0. The summed E-state index contributed by atoms with van der Waals surface area (Å²) < 4.78 is 16.9. The van der Waals surface area contributed by atoms with Gasteiger partial charge in [0, 0.05) is 12.3 Å². The van der Waals surface area contributed by atoms with Gasteiger partial charge in [0.1, 0.15) is 17.7 Å². The van der Waals surface area contributed by atoms with Gasteiger partial charge in [-0.3, -0.25) is 0 Å². The number of nitrogens with zero attached hydrogens (tertiary/aromatic N) is 2. The lowest BCUT2D eigenvalue weighted by Crippen LogP contribution is -2.12. The summed E-state index contributed by atoms with van der Waals surface area (Å²) in [7, 11) is 2.70. The lowest BCUT2D eigenvalue weighted by atomic mass is 10.2. The van der Waals surface area contributed by atoms with E-state index < -0.39 is 5.97 Å². The quantitative estimate of drug-likeness (QED) is 0.366. The molecule has 0 saturated heterocycles. The highest BCUT2D eigenvalue weighted by Gasteiger charge is 2.15. The second-order valence-corrected chi connectivity index (χ2v) is 4.78. The van der Waals surface area contributed by atoms with Gasteiger partial charge in [-0.15, -0.1) is 0 Å². The van der Waals surface area contributed by atoms with Crippen LogP contribution in [0.1, 0.15) is 18.2 Å². The standard InChI is InChI=1S/C18H18N2O4/c1-5-6-14-9-10-20(19-14)15-8-7-13(2)16(11-15)24-17(12-22-3)18(21)23-4/h7-12H,1-4H3/b17-12-. The molecule has 0 aliphatic rings. The van der Waals surface area contributed by atoms with Crippen LogP contribution in [0.3, 0.4) is 0 Å². The van der Waals surface area contributed by atoms with Gasteiger partial charge >= 0.3 is 5.97 Å². The van der Waals surface area contributed by atoms with Crippen molar-refractivity contribution in [3.63, 3.8) is 0 Å². The van der Waals surface area contributed by atoms with Crippen molar-refractivity contribution in [3.05, 3.63) is 53.7 Å². The molecule has 0 atom stereocenters. The molecule has 0 spiro atoms. The number of benzene rings is 1. The maximum Gasteiger partial charge on any atom is 0.377 e. The van der Waals surface area contributed by atoms with Crippen LogP contribution in [-0.2, 0) is 14.3 Å². The van der Waals surface area contributed by atoms with Gasteiger partial charge in [0.05, 0.1) is 19.9 Å². The Labute approximate surface area is 140 Å². The number of hydrogen-bond donors (Lipinski definition) is 0. The van der Waals surface area contributed by atoms with E-state index in [0.717, 1.165) is 11.3 Å². The molecular weight excluding hydrogens is 308 g/mol. The van der Waals surface area contributed by atoms with Crippen LogP contribution in [0, 0.1) is 18.8 Å². The molecule has 2 aromatic rings. The van der Waals surface area contributed by atoms with Gasteiger partial charge in [0.2, 0.25) is 5.76 Å². The Kier molecular flexibility index (Phi) is 5.63. The first-order valence-corrected chi connectivity index (χ1v) is 7.17. The predicted octanol–water partition coefficient (Wildman–Crippen LogP) is 2.59. The van der Waals surface area contributed by atoms with E-state index in [2.05, 4.69) is 21.7 Å². The van der Waals surface area contributed by atoms with Crippen LogP contribution in [0.5, 0.6) is 5.75 Å². The first kappa shape index (κ1) is 17.2. The number of methoxy groups -OCH3 is 2. The normalized spacial score (nSPS) is 10.6. The van der Waals surface area contributed by atoms with Crippen LogP contribution in [0.15, 0.2) is 42.5 Å². The van der Waals surface area contributed by atoms with Crippen molar-refractivity contribution in [2.24, 2.45) is 0 Å². The number of rotatable bonds is 5. The third-order valence-corrected chi connectivity index (χ3v) is 3.11. The third kappa shape index (κ3) is 3.96. The van der Waals surface area contributed by atoms with Crippen molar-refractivity contribution in [2.75, 3.05) is 14.2 Å². The molecule has 0 amide bonds. The van der Waals surface area contributed by atoms with Crippen molar-refractivity contribution in [3.8, 4) is 23.3 Å². The number of ether oxygens (including phenoxy) is 3. The minimum Gasteiger partial charge on any atom is -0.500 e. The van der Waals surface area contributed by atoms with Gasteiger partial charge in [-0.2, -0.15) is 5.10 Å². The predicted molar refractivity (Wildman–Crippen MR) is 88.6 cm³/mol. The largest absolute Gasteiger partial charge is 0.500 e. The van der Waals surface area contributed by atoms with Crippen molar-refractivity contribution in [1.29, 1.82) is 0 Å². The summed E-state index contributed by atoms with van der Waals surface area (Å²) in [6, 6.07) is 7.37. The number of hydrogen-bond acceptors (Lipinski definition) is 5. The zero-order valence-electron chi connectivity index (χ0n) is 14.0. The van der Waals surface area contributed by atoms with Crippen molar-refractivity contribution in [2.45, 2.75) is 13.8 Å². The van der Waals surface area contributed by atoms with E-state index in [1.165, 1.54) is 20.5 Å². The summed E-state index contributed by atoms with van der Waals surface area (Å²) in [5, 5.41) is 4.36. The van der Waals surface area contributed by atoms with Gasteiger partial charge < -0.3 is 14.2 Å². The number of carbonyl (C=O) groups is 1. The average Bonchev–Trinajstić information content (AvgIpc) is 3.04. The highest BCUT2D eigenvalue weighted by atomic mass is 16.6. The molecule has 0 bridgehead atoms. The van der Waals surface area contributed by atoms with E-state index in [1.54, 1.807) is 23.9 Å². The molecule has 2 rings (SSSR count). The first-order chi connectivity index (χ1) is 11.6. The summed E-state index contributed by atoms with van der Waals surface area (Å²) >= 11 is 0. The molecule has 0 radical (unpaired) electrons. The van der Waals surface area contributed by atoms with Crippen LogP contribution in [-0.4, -0.2) is 30.0 Å². The third-order valence-electron chi connectivity index (χ3n) is 3.11. The molecule has 0 aliphatic heterocycles. The maximum atomic E-state index is 11.7. The van der Waals surface area contributed by atoms with Gasteiger partial charge in [0.25, 0.3) is 0 Å². The summed E-state index contributed by atoms with van der Waals surface area (Å²) in [5.74, 6) is 5.53. The van der Waals surface area contributed by atoms with Gasteiger partial charge in [-0.05, 0) is 37.5 Å². The van der Waals surface area contributed by atoms with E-state index in [4.69, 9.17) is 9.47 Å². The maximum absolute atomic E-state index is 11.7. The fourth-order valence-corrected chi connectivity index (χ4v) is 1.94. The lowest BCUT2D eigenvalue weighted by Gasteiger charge is -2.12. The average molecular weight is 326 g/mol. The van der Waals surface area contributed by atoms with Crippen molar-refractivity contribution in [1.82, 2.24) is 9.78 Å². The highest BCUT2D eigenvalue weighted by Crippen LogP contribution is 2.24. The van der Waals surface area contributed by atoms with Crippen LogP contribution in [0.4, 0.5) is 0 Å². The molecule has 6 nitrogen and oxygen atoms in total. The first-order valence-electron chi connectivity index (χ1n) is 7.17. The molecule has 0 fully saturated rings. The number of aryl methyl sites for hydroxylation is 1. The smallest absolute Gasteiger partial charge is 0.377 e. The summed E-state index contributed by atoms with van der Waals surface area (Å²) in [4.78, 5) is 11.7. The van der Waals surface area contributed by atoms with Crippen LogP contribution in [0.2, 0.25) is 0 Å². The van der Waals surface area contributed by atoms with Crippen LogP contribution in [0.25, 0.3) is 5.69 Å². The summed E-state index contributed by atoms with van der Waals surface area (Å²) in [6.45, 7) is 3.63. The molecule has 1 aromatic carbocycles. The molecule has 0 saturated carbocycles. The van der Waals surface area contributed by atoms with Gasteiger partial charge in [-0.25, -0.2) is 9.48 Å². The van der Waals surface area contributed by atoms with Crippen LogP contribution < -0.4 is 4.74 Å². The van der Waals surface area contributed by atoms with E-state index in [0.29, 0.717) is 11.4 Å². The minimum absolute atomic E-state index is 0.0433. The Morgan fingerprint density at radius 3 is 2.75 bits per heavy atom. The molecule has 0 unspecified atom stereocenters. The summed E-state index contributed by atoms with van der Waals surface area (Å²) in [6.07, 6.45) is 3.00. The number of esters is 1. The second kappa shape index (κ2) is 7.88. The van der Waals surface area contributed by atoms with Crippen molar-refractivity contribution < 1.29 is 19.0 Å². The summed E-state index contributed by atoms with van der Waals surface area (Å²) in [5.41, 5.74) is 2.31. The second-order valence-electron chi connectivity index (χ2n) is 4.78. The Morgan fingerprint density at radius 2 is 2.08 bits per heavy atom. The molecule has 0 N–H and O–H groups in total. The minimum atomic E-state index is -0.624.